The number of rotatable bonds is 11. The van der Waals surface area contributed by atoms with E-state index in [1.165, 1.54) is 0 Å². The Labute approximate surface area is 147 Å². The van der Waals surface area contributed by atoms with Gasteiger partial charge in [0, 0.05) is 13.0 Å². The van der Waals surface area contributed by atoms with Crippen LogP contribution in [0, 0.1) is 0 Å². The van der Waals surface area contributed by atoms with Crippen molar-refractivity contribution in [3.8, 4) is 11.5 Å². The Hall–Kier alpha value is -1.95. The van der Waals surface area contributed by atoms with Crippen LogP contribution >= 0.6 is 11.6 Å². The molecule has 0 unspecified atom stereocenters. The Balaban J connectivity index is 2.64. The van der Waals surface area contributed by atoms with Crippen molar-refractivity contribution in [1.82, 2.24) is 5.32 Å². The molecule has 0 spiro atoms. The standard InChI is InChI=1S/C17H24ClNO5/c1-3-9-24-17-13(18)10-12(11-14(17)23-4-2)7-8-19-15(20)5-6-16(21)22/h10-11H,3-9H2,1-2H3,(H,19,20)(H,21,22). The van der Waals surface area contributed by atoms with E-state index in [0.29, 0.717) is 42.7 Å². The van der Waals surface area contributed by atoms with E-state index in [1.54, 1.807) is 6.07 Å². The average molecular weight is 358 g/mol. The molecule has 0 heterocycles. The Morgan fingerprint density at radius 1 is 1.21 bits per heavy atom. The molecule has 0 bridgehead atoms. The molecule has 1 rings (SSSR count). The third-order valence-corrected chi connectivity index (χ3v) is 3.40. The molecule has 0 aliphatic heterocycles. The Morgan fingerprint density at radius 3 is 2.58 bits per heavy atom. The molecular weight excluding hydrogens is 334 g/mol. The van der Waals surface area contributed by atoms with E-state index >= 15 is 0 Å². The van der Waals surface area contributed by atoms with Crippen molar-refractivity contribution in [2.75, 3.05) is 19.8 Å². The normalized spacial score (nSPS) is 10.3. The molecular formula is C17H24ClNO5. The van der Waals surface area contributed by atoms with E-state index in [9.17, 15) is 9.59 Å². The highest BCUT2D eigenvalue weighted by atomic mass is 35.5. The van der Waals surface area contributed by atoms with Crippen LogP contribution in [-0.2, 0) is 16.0 Å². The molecule has 134 valence electrons. The summed E-state index contributed by atoms with van der Waals surface area (Å²) >= 11 is 6.27. The Kier molecular flexibility index (Phi) is 9.01. The first-order valence-electron chi connectivity index (χ1n) is 8.04. The smallest absolute Gasteiger partial charge is 0.303 e. The number of hydrogen-bond donors (Lipinski definition) is 2. The molecule has 24 heavy (non-hydrogen) atoms. The predicted molar refractivity (Wildman–Crippen MR) is 92.0 cm³/mol. The van der Waals surface area contributed by atoms with Gasteiger partial charge in [-0.1, -0.05) is 18.5 Å². The van der Waals surface area contributed by atoms with Gasteiger partial charge in [0.1, 0.15) is 0 Å². The van der Waals surface area contributed by atoms with Crippen molar-refractivity contribution >= 4 is 23.5 Å². The zero-order valence-electron chi connectivity index (χ0n) is 14.1. The van der Waals surface area contributed by atoms with Crippen LogP contribution in [0.15, 0.2) is 12.1 Å². The van der Waals surface area contributed by atoms with Crippen molar-refractivity contribution in [1.29, 1.82) is 0 Å². The van der Waals surface area contributed by atoms with Gasteiger partial charge in [-0.2, -0.15) is 0 Å². The maximum atomic E-state index is 11.5. The third kappa shape index (κ3) is 7.08. The van der Waals surface area contributed by atoms with Gasteiger partial charge in [-0.3, -0.25) is 9.59 Å². The van der Waals surface area contributed by atoms with Gasteiger partial charge in [0.25, 0.3) is 0 Å². The highest BCUT2D eigenvalue weighted by molar-refractivity contribution is 6.32. The maximum absolute atomic E-state index is 11.5. The number of carboxylic acid groups (broad SMARTS) is 1. The van der Waals surface area contributed by atoms with Crippen molar-refractivity contribution in [2.45, 2.75) is 39.5 Å². The maximum Gasteiger partial charge on any atom is 0.303 e. The number of amides is 1. The zero-order valence-corrected chi connectivity index (χ0v) is 14.8. The molecule has 2 N–H and O–H groups in total. The van der Waals surface area contributed by atoms with Crippen LogP contribution in [0.1, 0.15) is 38.7 Å². The topological polar surface area (TPSA) is 84.9 Å². The average Bonchev–Trinajstić information content (AvgIpc) is 2.52. The molecule has 0 radical (unpaired) electrons. The predicted octanol–water partition coefficient (Wildman–Crippen LogP) is 3.05. The summed E-state index contributed by atoms with van der Waals surface area (Å²) in [4.78, 5) is 21.9. The molecule has 0 atom stereocenters. The molecule has 0 saturated carbocycles. The number of benzene rings is 1. The summed E-state index contributed by atoms with van der Waals surface area (Å²) in [6.45, 7) is 5.34. The van der Waals surface area contributed by atoms with Gasteiger partial charge in [0.15, 0.2) is 11.5 Å². The zero-order chi connectivity index (χ0) is 17.9. The summed E-state index contributed by atoms with van der Waals surface area (Å²) in [6, 6.07) is 3.64. The summed E-state index contributed by atoms with van der Waals surface area (Å²) in [6.07, 6.45) is 1.23. The minimum absolute atomic E-state index is 0.0237. The van der Waals surface area contributed by atoms with E-state index in [0.717, 1.165) is 12.0 Å². The van der Waals surface area contributed by atoms with Gasteiger partial charge >= 0.3 is 5.97 Å². The lowest BCUT2D eigenvalue weighted by Crippen LogP contribution is -2.26. The first-order valence-corrected chi connectivity index (χ1v) is 8.42. The van der Waals surface area contributed by atoms with Crippen LogP contribution in [-0.4, -0.2) is 36.7 Å². The highest BCUT2D eigenvalue weighted by Crippen LogP contribution is 2.36. The summed E-state index contributed by atoms with van der Waals surface area (Å²) in [5, 5.41) is 11.7. The van der Waals surface area contributed by atoms with Gasteiger partial charge in [0.2, 0.25) is 5.91 Å². The van der Waals surface area contributed by atoms with Gasteiger partial charge in [-0.25, -0.2) is 0 Å². The molecule has 1 aromatic rings. The number of aliphatic carboxylic acids is 1. The van der Waals surface area contributed by atoms with Crippen LogP contribution in [0.25, 0.3) is 0 Å². The van der Waals surface area contributed by atoms with Gasteiger partial charge < -0.3 is 19.9 Å². The minimum Gasteiger partial charge on any atom is -0.490 e. The summed E-state index contributed by atoms with van der Waals surface area (Å²) < 4.78 is 11.2. The molecule has 1 amide bonds. The summed E-state index contributed by atoms with van der Waals surface area (Å²) in [5.41, 5.74) is 0.908. The quantitative estimate of drug-likeness (QED) is 0.635. The van der Waals surface area contributed by atoms with Crippen molar-refractivity contribution < 1.29 is 24.2 Å². The molecule has 0 aliphatic rings. The number of halogens is 1. The molecule has 1 aromatic carbocycles. The Bertz CT molecular complexity index is 562. The second-order valence-corrected chi connectivity index (χ2v) is 5.59. The van der Waals surface area contributed by atoms with Crippen molar-refractivity contribution in [2.24, 2.45) is 0 Å². The lowest BCUT2D eigenvalue weighted by atomic mass is 10.1. The minimum atomic E-state index is -0.985. The Morgan fingerprint density at radius 2 is 1.96 bits per heavy atom. The lowest BCUT2D eigenvalue weighted by molar-refractivity contribution is -0.138. The number of carbonyl (C=O) groups is 2. The number of carbonyl (C=O) groups excluding carboxylic acids is 1. The monoisotopic (exact) mass is 357 g/mol. The number of nitrogens with one attached hydrogen (secondary N) is 1. The molecule has 0 saturated heterocycles. The van der Waals surface area contributed by atoms with Crippen LogP contribution in [0.4, 0.5) is 0 Å². The first-order chi connectivity index (χ1) is 11.5. The molecule has 0 aromatic heterocycles. The molecule has 7 heteroatoms. The second kappa shape index (κ2) is 10.8. The fraction of sp³-hybridized carbons (Fsp3) is 0.529. The lowest BCUT2D eigenvalue weighted by Gasteiger charge is -2.15. The SMILES string of the molecule is CCCOc1c(Cl)cc(CCNC(=O)CCC(=O)O)cc1OCC. The van der Waals surface area contributed by atoms with E-state index < -0.39 is 5.97 Å². The van der Waals surface area contributed by atoms with Gasteiger partial charge in [-0.05, 0) is 37.5 Å². The largest absolute Gasteiger partial charge is 0.490 e. The highest BCUT2D eigenvalue weighted by Gasteiger charge is 2.13. The van der Waals surface area contributed by atoms with Gasteiger partial charge in [0.05, 0.1) is 24.7 Å². The van der Waals surface area contributed by atoms with E-state index in [4.69, 9.17) is 26.2 Å². The van der Waals surface area contributed by atoms with Crippen molar-refractivity contribution in [3.05, 3.63) is 22.7 Å². The third-order valence-electron chi connectivity index (χ3n) is 3.12. The van der Waals surface area contributed by atoms with Crippen LogP contribution < -0.4 is 14.8 Å². The van der Waals surface area contributed by atoms with E-state index in [2.05, 4.69) is 5.32 Å². The van der Waals surface area contributed by atoms with Crippen molar-refractivity contribution in [3.63, 3.8) is 0 Å². The summed E-state index contributed by atoms with van der Waals surface area (Å²) in [7, 11) is 0. The van der Waals surface area contributed by atoms with Gasteiger partial charge in [-0.15, -0.1) is 0 Å². The fourth-order valence-electron chi connectivity index (χ4n) is 2.03. The summed E-state index contributed by atoms with van der Waals surface area (Å²) in [5.74, 6) is -0.141. The van der Waals surface area contributed by atoms with E-state index in [1.807, 2.05) is 19.9 Å². The van der Waals surface area contributed by atoms with Crippen LogP contribution in [0.3, 0.4) is 0 Å². The molecule has 0 fully saturated rings. The number of carboxylic acids is 1. The molecule has 6 nitrogen and oxygen atoms in total. The number of hydrogen-bond acceptors (Lipinski definition) is 4. The second-order valence-electron chi connectivity index (χ2n) is 5.18. The van der Waals surface area contributed by atoms with Crippen LogP contribution in [0.2, 0.25) is 5.02 Å². The number of ether oxygens (including phenoxy) is 2. The molecule has 0 aliphatic carbocycles. The first kappa shape index (κ1) is 20.1. The fourth-order valence-corrected chi connectivity index (χ4v) is 2.32. The van der Waals surface area contributed by atoms with Crippen LogP contribution in [0.5, 0.6) is 11.5 Å². The van der Waals surface area contributed by atoms with E-state index in [-0.39, 0.29) is 18.7 Å².